The van der Waals surface area contributed by atoms with Crippen molar-refractivity contribution < 1.29 is 19.0 Å². The van der Waals surface area contributed by atoms with Crippen LogP contribution in [0.1, 0.15) is 58.3 Å². The van der Waals surface area contributed by atoms with Gasteiger partial charge >= 0.3 is 5.97 Å². The number of halogens is 1. The lowest BCUT2D eigenvalue weighted by Crippen LogP contribution is -2.34. The Labute approximate surface area is 261 Å². The molecule has 10 heteroatoms. The first-order valence-corrected chi connectivity index (χ1v) is 15.2. The molecular formula is C35H35FN6O3. The first-order chi connectivity index (χ1) is 21.9. The van der Waals surface area contributed by atoms with Gasteiger partial charge in [0, 0.05) is 12.7 Å². The maximum Gasteiger partial charge on any atom is 0.335 e. The van der Waals surface area contributed by atoms with E-state index in [4.69, 9.17) is 9.72 Å². The van der Waals surface area contributed by atoms with Crippen LogP contribution in [-0.2, 0) is 32.7 Å². The van der Waals surface area contributed by atoms with Gasteiger partial charge < -0.3 is 19.0 Å². The number of imidazole rings is 2. The number of carbonyl (C=O) groups is 1. The maximum absolute atomic E-state index is 13.5. The summed E-state index contributed by atoms with van der Waals surface area (Å²) in [4.78, 5) is 23.4. The molecule has 3 heterocycles. The molecule has 0 radical (unpaired) electrons. The average molecular weight is 607 g/mol. The van der Waals surface area contributed by atoms with Gasteiger partial charge in [0.2, 0.25) is 0 Å². The fourth-order valence-corrected chi connectivity index (χ4v) is 6.13. The van der Waals surface area contributed by atoms with Gasteiger partial charge in [-0.3, -0.25) is 4.90 Å². The Morgan fingerprint density at radius 1 is 1.09 bits per heavy atom. The summed E-state index contributed by atoms with van der Waals surface area (Å²) in [6, 6.07) is 19.4. The summed E-state index contributed by atoms with van der Waals surface area (Å²) in [6.07, 6.45) is 6.78. The molecule has 9 nitrogen and oxygen atoms in total. The zero-order chi connectivity index (χ0) is 31.3. The first kappa shape index (κ1) is 30.0. The molecule has 5 aromatic rings. The highest BCUT2D eigenvalue weighted by Crippen LogP contribution is 2.26. The third-order valence-corrected chi connectivity index (χ3v) is 8.58. The molecule has 0 aliphatic carbocycles. The molecule has 6 rings (SSSR count). The number of aromatic nitrogens is 4. The maximum atomic E-state index is 13.5. The third kappa shape index (κ3) is 6.89. The molecule has 1 N–H and O–H groups in total. The Morgan fingerprint density at radius 2 is 1.91 bits per heavy atom. The van der Waals surface area contributed by atoms with Crippen molar-refractivity contribution in [2.75, 3.05) is 13.1 Å². The molecule has 0 bridgehead atoms. The fourth-order valence-electron chi connectivity index (χ4n) is 6.13. The number of carboxylic acids is 1. The molecule has 0 unspecified atom stereocenters. The lowest BCUT2D eigenvalue weighted by Gasteiger charge is -2.32. The van der Waals surface area contributed by atoms with Crippen LogP contribution in [0.5, 0.6) is 5.75 Å². The second-order valence-electron chi connectivity index (χ2n) is 11.6. The molecule has 0 atom stereocenters. The number of hydrogen-bond acceptors (Lipinski definition) is 6. The predicted octanol–water partition coefficient (Wildman–Crippen LogP) is 6.04. The van der Waals surface area contributed by atoms with Crippen LogP contribution in [0, 0.1) is 23.1 Å². The van der Waals surface area contributed by atoms with E-state index in [-0.39, 0.29) is 11.1 Å². The number of aromatic carboxylic acids is 1. The molecule has 0 saturated carbocycles. The highest BCUT2D eigenvalue weighted by atomic mass is 19.1. The Kier molecular flexibility index (Phi) is 8.89. The smallest absolute Gasteiger partial charge is 0.335 e. The third-order valence-electron chi connectivity index (χ3n) is 8.58. The van der Waals surface area contributed by atoms with Crippen molar-refractivity contribution in [3.05, 3.63) is 113 Å². The molecule has 3 aromatic carbocycles. The molecule has 1 fully saturated rings. The van der Waals surface area contributed by atoms with Crippen molar-refractivity contribution in [1.29, 1.82) is 5.26 Å². The molecule has 230 valence electrons. The number of nitriles is 1. The molecule has 1 saturated heterocycles. The number of carboxylic acid groups (broad SMARTS) is 1. The van der Waals surface area contributed by atoms with E-state index in [1.54, 1.807) is 18.2 Å². The van der Waals surface area contributed by atoms with Crippen molar-refractivity contribution in [1.82, 2.24) is 24.0 Å². The van der Waals surface area contributed by atoms with Crippen LogP contribution in [0.15, 0.2) is 73.2 Å². The van der Waals surface area contributed by atoms with E-state index in [9.17, 15) is 19.6 Å². The number of ether oxygens (including phenoxy) is 1. The van der Waals surface area contributed by atoms with Crippen LogP contribution in [0.2, 0.25) is 0 Å². The summed E-state index contributed by atoms with van der Waals surface area (Å²) in [5.41, 5.74) is 5.35. The fraction of sp³-hybridized carbons (Fsp3) is 0.314. The van der Waals surface area contributed by atoms with Crippen molar-refractivity contribution >= 4 is 17.0 Å². The van der Waals surface area contributed by atoms with Crippen LogP contribution in [0.3, 0.4) is 0 Å². The molecule has 0 amide bonds. The average Bonchev–Trinajstić information content (AvgIpc) is 3.65. The van der Waals surface area contributed by atoms with E-state index < -0.39 is 11.8 Å². The van der Waals surface area contributed by atoms with Gasteiger partial charge in [-0.2, -0.15) is 5.26 Å². The van der Waals surface area contributed by atoms with Gasteiger partial charge in [0.05, 0.1) is 47.3 Å². The highest BCUT2D eigenvalue weighted by molar-refractivity contribution is 5.92. The van der Waals surface area contributed by atoms with E-state index in [1.165, 1.54) is 23.8 Å². The summed E-state index contributed by atoms with van der Waals surface area (Å²) in [5.74, 6) is 0.438. The number of benzene rings is 3. The van der Waals surface area contributed by atoms with Gasteiger partial charge in [0.25, 0.3) is 0 Å². The van der Waals surface area contributed by atoms with Gasteiger partial charge in [0.15, 0.2) is 0 Å². The van der Waals surface area contributed by atoms with Gasteiger partial charge in [-0.25, -0.2) is 19.2 Å². The number of hydrogen-bond donors (Lipinski definition) is 1. The number of nitrogens with zero attached hydrogens (tertiary/aromatic N) is 6. The zero-order valence-electron chi connectivity index (χ0n) is 25.2. The van der Waals surface area contributed by atoms with Crippen molar-refractivity contribution in [2.45, 2.75) is 52.4 Å². The van der Waals surface area contributed by atoms with Crippen molar-refractivity contribution in [2.24, 2.45) is 5.92 Å². The Balaban J connectivity index is 1.10. The lowest BCUT2D eigenvalue weighted by molar-refractivity contribution is 0.0697. The van der Waals surface area contributed by atoms with Gasteiger partial charge in [-0.05, 0) is 92.7 Å². The Morgan fingerprint density at radius 3 is 2.69 bits per heavy atom. The molecular weight excluding hydrogens is 571 g/mol. The molecule has 1 aliphatic heterocycles. The Bertz CT molecular complexity index is 1870. The quantitative estimate of drug-likeness (QED) is 0.195. The van der Waals surface area contributed by atoms with E-state index in [1.807, 2.05) is 30.7 Å². The van der Waals surface area contributed by atoms with Gasteiger partial charge in [-0.15, -0.1) is 0 Å². The number of likely N-dealkylation sites (tertiary alicyclic amines) is 1. The van der Waals surface area contributed by atoms with Crippen LogP contribution < -0.4 is 4.74 Å². The predicted molar refractivity (Wildman–Crippen MR) is 167 cm³/mol. The summed E-state index contributed by atoms with van der Waals surface area (Å²) in [7, 11) is 0. The normalized spacial score (nSPS) is 14.1. The molecule has 2 aromatic heterocycles. The first-order valence-electron chi connectivity index (χ1n) is 15.2. The largest absolute Gasteiger partial charge is 0.488 e. The summed E-state index contributed by atoms with van der Waals surface area (Å²) < 4.78 is 23.5. The number of fused-ring (bicyclic) bond motifs is 1. The van der Waals surface area contributed by atoms with Crippen LogP contribution in [0.25, 0.3) is 11.0 Å². The topological polar surface area (TPSA) is 109 Å². The summed E-state index contributed by atoms with van der Waals surface area (Å²) >= 11 is 0. The van der Waals surface area contributed by atoms with E-state index in [2.05, 4.69) is 38.1 Å². The summed E-state index contributed by atoms with van der Waals surface area (Å²) in [5, 5.41) is 18.9. The van der Waals surface area contributed by atoms with Gasteiger partial charge in [0.1, 0.15) is 30.1 Å². The van der Waals surface area contributed by atoms with E-state index in [0.717, 1.165) is 67.0 Å². The highest BCUT2D eigenvalue weighted by Gasteiger charge is 2.23. The molecule has 1 aliphatic rings. The second kappa shape index (κ2) is 13.3. The van der Waals surface area contributed by atoms with Crippen LogP contribution in [0.4, 0.5) is 4.39 Å². The Hall–Kier alpha value is -5.01. The number of rotatable bonds is 11. The van der Waals surface area contributed by atoms with Gasteiger partial charge in [-0.1, -0.05) is 24.3 Å². The SMILES string of the molecule is CCn1cncc1Cn1c(CN2CCC(Cc3cccc(COc4ccc(F)cc4C#N)c3)CC2)nc2ccc(C(=O)O)cc21. The lowest BCUT2D eigenvalue weighted by atomic mass is 9.89. The van der Waals surface area contributed by atoms with E-state index >= 15 is 0 Å². The monoisotopic (exact) mass is 606 g/mol. The van der Waals surface area contributed by atoms with E-state index in [0.29, 0.717) is 31.4 Å². The van der Waals surface area contributed by atoms with Crippen LogP contribution >= 0.6 is 0 Å². The molecule has 45 heavy (non-hydrogen) atoms. The number of piperidine rings is 1. The number of aryl methyl sites for hydroxylation is 1. The minimum Gasteiger partial charge on any atom is -0.488 e. The minimum absolute atomic E-state index is 0.186. The summed E-state index contributed by atoms with van der Waals surface area (Å²) in [6.45, 7) is 6.34. The standard InChI is InChI=1S/C35H35FN6O3/c1-2-41-23-38-19-30(41)20-42-32-17-27(35(43)44)6-8-31(32)39-34(42)21-40-12-10-24(11-13-40)14-25-4-3-5-26(15-25)22-45-33-9-7-29(36)16-28(33)18-37/h3-9,15-17,19,23-24H,2,10-14,20-22H2,1H3,(H,43,44). The van der Waals surface area contributed by atoms with Crippen molar-refractivity contribution in [3.8, 4) is 11.8 Å². The second-order valence-corrected chi connectivity index (χ2v) is 11.6. The van der Waals surface area contributed by atoms with Crippen LogP contribution in [-0.4, -0.2) is 48.2 Å². The molecule has 0 spiro atoms. The van der Waals surface area contributed by atoms with Crippen molar-refractivity contribution in [3.63, 3.8) is 0 Å². The minimum atomic E-state index is -0.953. The zero-order valence-corrected chi connectivity index (χ0v) is 25.2.